The number of rotatable bonds is 33. The van der Waals surface area contributed by atoms with Crippen molar-refractivity contribution in [3.05, 3.63) is 0 Å². The highest BCUT2D eigenvalue weighted by Crippen LogP contribution is 2.19. The molecule has 0 amide bonds. The molecule has 0 spiro atoms. The first-order valence-electron chi connectivity index (χ1n) is 18.0. The van der Waals surface area contributed by atoms with Crippen LogP contribution in [0.1, 0.15) is 213 Å². The zero-order valence-electron chi connectivity index (χ0n) is 27.2. The van der Waals surface area contributed by atoms with Gasteiger partial charge in [0.15, 0.2) is 0 Å². The summed E-state index contributed by atoms with van der Waals surface area (Å²) < 4.78 is 5.99. The lowest BCUT2D eigenvalue weighted by Gasteiger charge is -2.18. The number of carbonyl (C=O) groups excluding carboxylic acids is 1. The van der Waals surface area contributed by atoms with Crippen LogP contribution in [0.25, 0.3) is 0 Å². The molecule has 4 heteroatoms. The van der Waals surface area contributed by atoms with Crippen LogP contribution < -0.4 is 0 Å². The average molecular weight is 567 g/mol. The molecule has 0 radical (unpaired) electrons. The molecule has 0 bridgehead atoms. The van der Waals surface area contributed by atoms with Crippen LogP contribution in [0.5, 0.6) is 0 Å². The summed E-state index contributed by atoms with van der Waals surface area (Å²) in [5.74, 6) is -0.652. The van der Waals surface area contributed by atoms with Crippen molar-refractivity contribution < 1.29 is 19.4 Å². The molecule has 1 atom stereocenters. The molecule has 0 aromatic rings. The van der Waals surface area contributed by atoms with Gasteiger partial charge in [0, 0.05) is 12.8 Å². The number of carbonyl (C=O) groups is 2. The van der Waals surface area contributed by atoms with E-state index >= 15 is 0 Å². The van der Waals surface area contributed by atoms with E-state index in [0.717, 1.165) is 51.4 Å². The number of carboxylic acids is 1. The second kappa shape index (κ2) is 32.5. The van der Waals surface area contributed by atoms with Crippen molar-refractivity contribution in [1.82, 2.24) is 0 Å². The molecule has 0 aliphatic rings. The Morgan fingerprint density at radius 2 is 0.750 bits per heavy atom. The molecule has 0 aromatic carbocycles. The number of esters is 1. The zero-order valence-corrected chi connectivity index (χ0v) is 27.2. The topological polar surface area (TPSA) is 63.6 Å². The van der Waals surface area contributed by atoms with Gasteiger partial charge in [0.2, 0.25) is 0 Å². The molecule has 238 valence electrons. The number of aliphatic carboxylic acids is 1. The summed E-state index contributed by atoms with van der Waals surface area (Å²) in [6.07, 6.45) is 36.9. The summed E-state index contributed by atoms with van der Waals surface area (Å²) in [7, 11) is 0. The first-order chi connectivity index (χ1) is 19.6. The third-order valence-corrected chi connectivity index (χ3v) is 8.33. The second-order valence-electron chi connectivity index (χ2n) is 12.4. The molecular weight excluding hydrogens is 496 g/mol. The molecule has 0 aromatic heterocycles. The van der Waals surface area contributed by atoms with Gasteiger partial charge in [-0.05, 0) is 38.5 Å². The van der Waals surface area contributed by atoms with E-state index in [1.54, 1.807) is 0 Å². The maximum Gasteiger partial charge on any atom is 0.306 e. The molecule has 1 unspecified atom stereocenters. The minimum absolute atomic E-state index is 0.0282. The van der Waals surface area contributed by atoms with Crippen molar-refractivity contribution in [1.29, 1.82) is 0 Å². The summed E-state index contributed by atoms with van der Waals surface area (Å²) in [4.78, 5) is 23.1. The second-order valence-corrected chi connectivity index (χ2v) is 12.4. The van der Waals surface area contributed by atoms with E-state index < -0.39 is 5.97 Å². The van der Waals surface area contributed by atoms with E-state index in [0.29, 0.717) is 12.8 Å². The Bertz CT molecular complexity index is 533. The summed E-state index contributed by atoms with van der Waals surface area (Å²) in [5, 5.41) is 8.71. The normalized spacial score (nSPS) is 12.1. The van der Waals surface area contributed by atoms with Crippen molar-refractivity contribution in [2.75, 3.05) is 0 Å². The van der Waals surface area contributed by atoms with E-state index in [9.17, 15) is 9.59 Å². The van der Waals surface area contributed by atoms with E-state index in [1.165, 1.54) is 135 Å². The van der Waals surface area contributed by atoms with Gasteiger partial charge in [-0.2, -0.15) is 0 Å². The zero-order chi connectivity index (χ0) is 29.4. The first-order valence-corrected chi connectivity index (χ1v) is 18.0. The molecule has 0 saturated carbocycles. The molecule has 40 heavy (non-hydrogen) atoms. The first kappa shape index (κ1) is 38.9. The van der Waals surface area contributed by atoms with Crippen molar-refractivity contribution >= 4 is 11.9 Å². The lowest BCUT2D eigenvalue weighted by Crippen LogP contribution is -2.18. The molecule has 1 N–H and O–H groups in total. The Hall–Kier alpha value is -1.06. The van der Waals surface area contributed by atoms with Crippen molar-refractivity contribution in [3.63, 3.8) is 0 Å². The van der Waals surface area contributed by atoms with Crippen LogP contribution in [0.2, 0.25) is 0 Å². The van der Waals surface area contributed by atoms with Crippen LogP contribution in [-0.4, -0.2) is 23.1 Å². The number of unbranched alkanes of at least 4 members (excludes halogenated alkanes) is 24. The molecule has 0 fully saturated rings. The highest BCUT2D eigenvalue weighted by atomic mass is 16.5. The Morgan fingerprint density at radius 3 is 1.10 bits per heavy atom. The molecule has 0 rings (SSSR count). The fourth-order valence-corrected chi connectivity index (χ4v) is 5.66. The van der Waals surface area contributed by atoms with Gasteiger partial charge in [0.25, 0.3) is 0 Å². The summed E-state index contributed by atoms with van der Waals surface area (Å²) >= 11 is 0. The standard InChI is InChI=1S/C36H70O4/c1-3-5-7-9-11-12-13-14-15-16-21-25-29-33-36(39)40-34(30-26-22-10-8-6-4-2)31-27-23-19-17-18-20-24-28-32-35(37)38/h34H,3-33H2,1-2H3,(H,37,38). The minimum Gasteiger partial charge on any atom is -0.481 e. The monoisotopic (exact) mass is 567 g/mol. The van der Waals surface area contributed by atoms with Crippen molar-refractivity contribution in [2.24, 2.45) is 0 Å². The maximum absolute atomic E-state index is 12.6. The Kier molecular flexibility index (Phi) is 31.6. The SMILES string of the molecule is CCCCCCCCCCCCCCCC(=O)OC(CCCCCCCC)CCCCCCCCCCC(=O)O. The van der Waals surface area contributed by atoms with Gasteiger partial charge in [0.1, 0.15) is 6.10 Å². The molecule has 0 heterocycles. The van der Waals surface area contributed by atoms with Gasteiger partial charge in [-0.3, -0.25) is 9.59 Å². The van der Waals surface area contributed by atoms with Crippen LogP contribution >= 0.6 is 0 Å². The predicted octanol–water partition coefficient (Wildman–Crippen LogP) is 12.1. The summed E-state index contributed by atoms with van der Waals surface area (Å²) in [6.45, 7) is 4.53. The lowest BCUT2D eigenvalue weighted by atomic mass is 10.0. The summed E-state index contributed by atoms with van der Waals surface area (Å²) in [5.41, 5.74) is 0. The highest BCUT2D eigenvalue weighted by molar-refractivity contribution is 5.69. The quantitative estimate of drug-likeness (QED) is 0.0633. The maximum atomic E-state index is 12.6. The molecule has 0 aliphatic carbocycles. The molecule has 4 nitrogen and oxygen atoms in total. The Morgan fingerprint density at radius 1 is 0.450 bits per heavy atom. The lowest BCUT2D eigenvalue weighted by molar-refractivity contribution is -0.150. The largest absolute Gasteiger partial charge is 0.481 e. The minimum atomic E-state index is -0.680. The Balaban J connectivity index is 3.92. The number of hydrogen-bond acceptors (Lipinski definition) is 3. The Labute approximate surface area is 250 Å². The highest BCUT2D eigenvalue weighted by Gasteiger charge is 2.14. The number of ether oxygens (including phenoxy) is 1. The molecule has 0 saturated heterocycles. The predicted molar refractivity (Wildman–Crippen MR) is 172 cm³/mol. The van der Waals surface area contributed by atoms with Gasteiger partial charge < -0.3 is 9.84 Å². The summed E-state index contributed by atoms with van der Waals surface area (Å²) in [6, 6.07) is 0. The molecule has 0 aliphatic heterocycles. The fourth-order valence-electron chi connectivity index (χ4n) is 5.66. The van der Waals surface area contributed by atoms with Gasteiger partial charge in [-0.25, -0.2) is 0 Å². The van der Waals surface area contributed by atoms with E-state index in [2.05, 4.69) is 13.8 Å². The number of carboxylic acid groups (broad SMARTS) is 1. The third kappa shape index (κ3) is 31.5. The van der Waals surface area contributed by atoms with Crippen LogP contribution in [0.3, 0.4) is 0 Å². The average Bonchev–Trinajstić information content (AvgIpc) is 2.93. The van der Waals surface area contributed by atoms with E-state index in [1.807, 2.05) is 0 Å². The van der Waals surface area contributed by atoms with Crippen LogP contribution in [0.4, 0.5) is 0 Å². The van der Waals surface area contributed by atoms with Gasteiger partial charge in [0.05, 0.1) is 0 Å². The third-order valence-electron chi connectivity index (χ3n) is 8.33. The van der Waals surface area contributed by atoms with Gasteiger partial charge in [-0.1, -0.05) is 162 Å². The van der Waals surface area contributed by atoms with Crippen LogP contribution in [0, 0.1) is 0 Å². The van der Waals surface area contributed by atoms with Crippen LogP contribution in [-0.2, 0) is 14.3 Å². The van der Waals surface area contributed by atoms with Gasteiger partial charge in [-0.15, -0.1) is 0 Å². The van der Waals surface area contributed by atoms with E-state index in [-0.39, 0.29) is 12.1 Å². The van der Waals surface area contributed by atoms with Gasteiger partial charge >= 0.3 is 11.9 Å². The number of hydrogen-bond donors (Lipinski definition) is 1. The van der Waals surface area contributed by atoms with Crippen LogP contribution in [0.15, 0.2) is 0 Å². The van der Waals surface area contributed by atoms with E-state index in [4.69, 9.17) is 9.84 Å². The smallest absolute Gasteiger partial charge is 0.306 e. The van der Waals surface area contributed by atoms with Crippen molar-refractivity contribution in [2.45, 2.75) is 219 Å². The van der Waals surface area contributed by atoms with Crippen molar-refractivity contribution in [3.8, 4) is 0 Å². The molecular formula is C36H70O4. The fraction of sp³-hybridized carbons (Fsp3) is 0.944.